The van der Waals surface area contributed by atoms with Crippen molar-refractivity contribution in [3.63, 3.8) is 0 Å². The summed E-state index contributed by atoms with van der Waals surface area (Å²) in [6, 6.07) is 5.55. The summed E-state index contributed by atoms with van der Waals surface area (Å²) >= 11 is 0. The van der Waals surface area contributed by atoms with Gasteiger partial charge in [-0.25, -0.2) is 4.99 Å². The van der Waals surface area contributed by atoms with Crippen LogP contribution in [-0.2, 0) is 4.79 Å². The van der Waals surface area contributed by atoms with Gasteiger partial charge in [0.25, 0.3) is 0 Å². The van der Waals surface area contributed by atoms with Crippen molar-refractivity contribution in [1.82, 2.24) is 0 Å². The third-order valence-electron chi connectivity index (χ3n) is 2.83. The van der Waals surface area contributed by atoms with Gasteiger partial charge < -0.3 is 11.5 Å². The monoisotopic (exact) mass is 241 g/mol. The summed E-state index contributed by atoms with van der Waals surface area (Å²) < 4.78 is 0. The number of allylic oxidation sites excluding steroid dienone is 3. The van der Waals surface area contributed by atoms with Gasteiger partial charge in [-0.15, -0.1) is 0 Å². The first-order chi connectivity index (χ1) is 8.47. The van der Waals surface area contributed by atoms with Gasteiger partial charge in [0.1, 0.15) is 0 Å². The maximum atomic E-state index is 11.4. The number of rotatable bonds is 1. The predicted molar refractivity (Wildman–Crippen MR) is 73.7 cm³/mol. The molecule has 1 aliphatic carbocycles. The normalized spacial score (nSPS) is 17.7. The maximum absolute atomic E-state index is 11.4. The average Bonchev–Trinajstić information content (AvgIpc) is 2.31. The molecule has 0 heterocycles. The Bertz CT molecular complexity index is 609. The smallest absolute Gasteiger partial charge is 0.201 e. The summed E-state index contributed by atoms with van der Waals surface area (Å²) in [7, 11) is 0. The molecule has 0 radical (unpaired) electrons. The van der Waals surface area contributed by atoms with Gasteiger partial charge in [0.2, 0.25) is 5.78 Å². The molecule has 1 aromatic carbocycles. The number of carbonyl (C=O) groups is 1. The van der Waals surface area contributed by atoms with E-state index in [0.717, 1.165) is 22.5 Å². The Morgan fingerprint density at radius 2 is 1.83 bits per heavy atom. The van der Waals surface area contributed by atoms with Crippen molar-refractivity contribution in [2.24, 2.45) is 10.7 Å². The van der Waals surface area contributed by atoms with Crippen molar-refractivity contribution in [2.75, 3.05) is 5.73 Å². The number of carbonyl (C=O) groups excluding carboxylic acids is 1. The van der Waals surface area contributed by atoms with E-state index in [9.17, 15) is 4.79 Å². The van der Waals surface area contributed by atoms with E-state index in [-0.39, 0.29) is 11.5 Å². The van der Waals surface area contributed by atoms with Crippen molar-refractivity contribution < 1.29 is 4.79 Å². The molecular formula is C14H15N3O. The van der Waals surface area contributed by atoms with Crippen molar-refractivity contribution >= 4 is 22.9 Å². The second-order valence-electron chi connectivity index (χ2n) is 4.33. The Morgan fingerprint density at radius 1 is 1.11 bits per heavy atom. The van der Waals surface area contributed by atoms with Crippen LogP contribution in [0.1, 0.15) is 12.5 Å². The molecule has 2 rings (SSSR count). The summed E-state index contributed by atoms with van der Waals surface area (Å²) in [5.41, 5.74) is 15.6. The zero-order chi connectivity index (χ0) is 13.3. The van der Waals surface area contributed by atoms with Gasteiger partial charge >= 0.3 is 0 Å². The number of nitrogens with zero attached hydrogens (tertiary/aromatic N) is 1. The van der Waals surface area contributed by atoms with Crippen LogP contribution in [0.15, 0.2) is 46.6 Å². The predicted octanol–water partition coefficient (Wildman–Crippen LogP) is 2.02. The molecule has 0 aromatic heterocycles. The molecule has 18 heavy (non-hydrogen) atoms. The molecule has 4 nitrogen and oxygen atoms in total. The lowest BCUT2D eigenvalue weighted by Gasteiger charge is -2.09. The number of nitrogen functional groups attached to an aromatic ring is 1. The van der Waals surface area contributed by atoms with Crippen LogP contribution < -0.4 is 11.5 Å². The molecule has 0 aliphatic heterocycles. The van der Waals surface area contributed by atoms with E-state index in [2.05, 4.69) is 4.99 Å². The van der Waals surface area contributed by atoms with Crippen LogP contribution in [0.5, 0.6) is 0 Å². The molecule has 0 saturated carbocycles. The molecule has 0 unspecified atom stereocenters. The van der Waals surface area contributed by atoms with E-state index in [4.69, 9.17) is 11.5 Å². The van der Waals surface area contributed by atoms with Crippen LogP contribution in [0, 0.1) is 6.92 Å². The highest BCUT2D eigenvalue weighted by Gasteiger charge is 2.13. The van der Waals surface area contributed by atoms with Crippen molar-refractivity contribution in [2.45, 2.75) is 13.8 Å². The number of benzene rings is 1. The SMILES string of the molecule is CC1=CC(=O)C(N)=CC1=Nc1ccc(N)c(C)c1. The zero-order valence-corrected chi connectivity index (χ0v) is 10.4. The Hall–Kier alpha value is -2.36. The van der Waals surface area contributed by atoms with E-state index in [1.54, 1.807) is 6.08 Å². The minimum atomic E-state index is -0.167. The van der Waals surface area contributed by atoms with Gasteiger partial charge in [-0.3, -0.25) is 4.79 Å². The zero-order valence-electron chi connectivity index (χ0n) is 10.4. The van der Waals surface area contributed by atoms with Crippen LogP contribution in [-0.4, -0.2) is 11.5 Å². The lowest BCUT2D eigenvalue weighted by Crippen LogP contribution is -2.17. The van der Waals surface area contributed by atoms with Crippen LogP contribution >= 0.6 is 0 Å². The lowest BCUT2D eigenvalue weighted by atomic mass is 10.0. The van der Waals surface area contributed by atoms with E-state index in [1.807, 2.05) is 32.0 Å². The Morgan fingerprint density at radius 3 is 2.50 bits per heavy atom. The molecular weight excluding hydrogens is 226 g/mol. The molecule has 0 spiro atoms. The molecule has 1 aromatic rings. The van der Waals surface area contributed by atoms with Crippen LogP contribution in [0.2, 0.25) is 0 Å². The molecule has 0 fully saturated rings. The molecule has 0 bridgehead atoms. The fourth-order valence-corrected chi connectivity index (χ4v) is 1.68. The van der Waals surface area contributed by atoms with E-state index >= 15 is 0 Å². The van der Waals surface area contributed by atoms with Crippen LogP contribution in [0.3, 0.4) is 0 Å². The van der Waals surface area contributed by atoms with Gasteiger partial charge in [0, 0.05) is 5.69 Å². The Balaban J connectivity index is 2.42. The maximum Gasteiger partial charge on any atom is 0.201 e. The molecule has 92 valence electrons. The third-order valence-corrected chi connectivity index (χ3v) is 2.83. The van der Waals surface area contributed by atoms with Crippen LogP contribution in [0.25, 0.3) is 0 Å². The lowest BCUT2D eigenvalue weighted by molar-refractivity contribution is -0.111. The summed E-state index contributed by atoms with van der Waals surface area (Å²) in [4.78, 5) is 15.8. The summed E-state index contributed by atoms with van der Waals surface area (Å²) in [6.07, 6.45) is 3.10. The van der Waals surface area contributed by atoms with Gasteiger partial charge in [0.05, 0.1) is 17.1 Å². The number of hydrogen-bond donors (Lipinski definition) is 2. The molecule has 4 N–H and O–H groups in total. The molecule has 0 atom stereocenters. The second kappa shape index (κ2) is 4.49. The highest BCUT2D eigenvalue weighted by molar-refractivity contribution is 6.21. The number of aryl methyl sites for hydroxylation is 1. The third kappa shape index (κ3) is 2.32. The summed E-state index contributed by atoms with van der Waals surface area (Å²) in [5, 5.41) is 0. The fourth-order valence-electron chi connectivity index (χ4n) is 1.68. The quantitative estimate of drug-likeness (QED) is 0.583. The highest BCUT2D eigenvalue weighted by atomic mass is 16.1. The van der Waals surface area contributed by atoms with Crippen molar-refractivity contribution in [1.29, 1.82) is 0 Å². The largest absolute Gasteiger partial charge is 0.399 e. The Labute approximate surface area is 106 Å². The van der Waals surface area contributed by atoms with E-state index in [1.165, 1.54) is 6.08 Å². The highest BCUT2D eigenvalue weighted by Crippen LogP contribution is 2.21. The first kappa shape index (κ1) is 12.1. The van der Waals surface area contributed by atoms with Crippen LogP contribution in [0.4, 0.5) is 11.4 Å². The summed E-state index contributed by atoms with van der Waals surface area (Å²) in [5.74, 6) is -0.167. The number of hydrogen-bond acceptors (Lipinski definition) is 4. The van der Waals surface area contributed by atoms with Gasteiger partial charge in [-0.2, -0.15) is 0 Å². The van der Waals surface area contributed by atoms with Gasteiger partial charge in [-0.05, 0) is 55.3 Å². The minimum Gasteiger partial charge on any atom is -0.399 e. The first-order valence-electron chi connectivity index (χ1n) is 5.62. The van der Waals surface area contributed by atoms with Gasteiger partial charge in [0.15, 0.2) is 0 Å². The summed E-state index contributed by atoms with van der Waals surface area (Å²) in [6.45, 7) is 3.76. The fraction of sp³-hybridized carbons (Fsp3) is 0.143. The molecule has 1 aliphatic rings. The average molecular weight is 241 g/mol. The second-order valence-corrected chi connectivity index (χ2v) is 4.33. The number of anilines is 1. The Kier molecular flexibility index (Phi) is 3.02. The molecule has 0 saturated heterocycles. The molecule has 0 amide bonds. The van der Waals surface area contributed by atoms with Crippen molar-refractivity contribution in [3.05, 3.63) is 47.2 Å². The number of ketones is 1. The first-order valence-corrected chi connectivity index (χ1v) is 5.62. The number of nitrogens with two attached hydrogens (primary N) is 2. The van der Waals surface area contributed by atoms with Crippen molar-refractivity contribution in [3.8, 4) is 0 Å². The minimum absolute atomic E-state index is 0.167. The number of aliphatic imine (C=N–C) groups is 1. The standard InChI is InChI=1S/C14H15N3O/c1-8-5-10(3-4-11(8)15)17-13-7-12(16)14(18)6-9(13)2/h3-7H,15-16H2,1-2H3. The molecule has 4 heteroatoms. The van der Waals surface area contributed by atoms with E-state index in [0.29, 0.717) is 5.71 Å². The van der Waals surface area contributed by atoms with E-state index < -0.39 is 0 Å². The van der Waals surface area contributed by atoms with Gasteiger partial charge in [-0.1, -0.05) is 0 Å². The topological polar surface area (TPSA) is 81.5 Å².